The molecule has 0 aliphatic carbocycles. The molecule has 1 amide bonds. The number of nitrogens with one attached hydrogen (secondary N) is 1. The third kappa shape index (κ3) is 5.28. The average molecular weight is 558 g/mol. The van der Waals surface area contributed by atoms with E-state index in [9.17, 15) is 17.6 Å². The van der Waals surface area contributed by atoms with E-state index >= 15 is 0 Å². The van der Waals surface area contributed by atoms with Gasteiger partial charge in [-0.1, -0.05) is 41.9 Å². The first-order chi connectivity index (χ1) is 18.1. The summed E-state index contributed by atoms with van der Waals surface area (Å²) in [4.78, 5) is 17.5. The highest BCUT2D eigenvalue weighted by atomic mass is 35.5. The standard InChI is InChI=1S/C27H25ClFN3O5S/c1-4-36-16-15-18-9-14-24(30-25(18)28)27(2,19-10-12-20(29)13-11-19)32(3)38(34,35)31-26(33)22-17-37-23-8-6-5-7-21(22)23/h5-17H,4H2,1-3H3,(H,31,33)/b16-15+. The fourth-order valence-electron chi connectivity index (χ4n) is 3.96. The molecule has 4 aromatic rings. The fraction of sp³-hybridized carbons (Fsp3) is 0.185. The molecule has 8 nitrogen and oxygen atoms in total. The van der Waals surface area contributed by atoms with Gasteiger partial charge in [0.25, 0.3) is 5.91 Å². The van der Waals surface area contributed by atoms with E-state index in [0.29, 0.717) is 28.7 Å². The number of carbonyl (C=O) groups is 1. The van der Waals surface area contributed by atoms with Crippen LogP contribution in [0.4, 0.5) is 4.39 Å². The Bertz CT molecular complexity index is 1600. The number of amides is 1. The van der Waals surface area contributed by atoms with Crippen LogP contribution in [0, 0.1) is 5.82 Å². The van der Waals surface area contributed by atoms with E-state index in [4.69, 9.17) is 20.8 Å². The predicted molar refractivity (Wildman–Crippen MR) is 143 cm³/mol. The maximum Gasteiger partial charge on any atom is 0.304 e. The van der Waals surface area contributed by atoms with Gasteiger partial charge in [-0.15, -0.1) is 0 Å². The fourth-order valence-corrected chi connectivity index (χ4v) is 5.34. The molecule has 38 heavy (non-hydrogen) atoms. The number of hydrogen-bond acceptors (Lipinski definition) is 6. The summed E-state index contributed by atoms with van der Waals surface area (Å²) in [6, 6.07) is 15.4. The molecule has 0 saturated heterocycles. The van der Waals surface area contributed by atoms with Gasteiger partial charge in [-0.25, -0.2) is 14.1 Å². The van der Waals surface area contributed by atoms with Crippen molar-refractivity contribution < 1.29 is 26.8 Å². The van der Waals surface area contributed by atoms with Crippen LogP contribution in [0.5, 0.6) is 0 Å². The topological polar surface area (TPSA) is 102 Å². The average Bonchev–Trinajstić information content (AvgIpc) is 3.33. The van der Waals surface area contributed by atoms with E-state index in [1.807, 2.05) is 6.92 Å². The number of furan rings is 1. The van der Waals surface area contributed by atoms with Crippen LogP contribution in [0.15, 0.2) is 77.6 Å². The molecule has 1 unspecified atom stereocenters. The molecule has 2 heterocycles. The van der Waals surface area contributed by atoms with Crippen LogP contribution < -0.4 is 4.72 Å². The molecule has 11 heteroatoms. The second kappa shape index (κ2) is 10.9. The summed E-state index contributed by atoms with van der Waals surface area (Å²) >= 11 is 6.43. The third-order valence-electron chi connectivity index (χ3n) is 6.23. The van der Waals surface area contributed by atoms with Gasteiger partial charge in [0.05, 0.1) is 24.1 Å². The SMILES string of the molecule is CCO/C=C/c1ccc(C(C)(c2ccc(F)cc2)N(C)S(=O)(=O)NC(=O)c2coc3ccccc23)nc1Cl. The number of rotatable bonds is 9. The van der Waals surface area contributed by atoms with Gasteiger partial charge in [0.2, 0.25) is 0 Å². The molecule has 0 bridgehead atoms. The number of benzene rings is 2. The summed E-state index contributed by atoms with van der Waals surface area (Å²) in [5, 5.41) is 0.569. The molecule has 0 spiro atoms. The maximum atomic E-state index is 13.8. The van der Waals surface area contributed by atoms with Crippen molar-refractivity contribution in [3.05, 3.63) is 107 Å². The monoisotopic (exact) mass is 557 g/mol. The Morgan fingerprint density at radius 1 is 1.18 bits per heavy atom. The zero-order valence-electron chi connectivity index (χ0n) is 20.8. The second-order valence-corrected chi connectivity index (χ2v) is 10.5. The summed E-state index contributed by atoms with van der Waals surface area (Å²) in [5.74, 6) is -1.37. The number of para-hydroxylation sites is 1. The quantitative estimate of drug-likeness (QED) is 0.215. The Labute approximate surface area is 224 Å². The molecule has 0 aliphatic heterocycles. The second-order valence-electron chi connectivity index (χ2n) is 8.46. The smallest absolute Gasteiger partial charge is 0.304 e. The van der Waals surface area contributed by atoms with Gasteiger partial charge < -0.3 is 9.15 Å². The lowest BCUT2D eigenvalue weighted by atomic mass is 9.88. The summed E-state index contributed by atoms with van der Waals surface area (Å²) < 4.78 is 54.6. The molecule has 0 fully saturated rings. The number of hydrogen-bond donors (Lipinski definition) is 1. The molecule has 4 rings (SSSR count). The van der Waals surface area contributed by atoms with E-state index in [2.05, 4.69) is 9.71 Å². The molecule has 0 aliphatic rings. The lowest BCUT2D eigenvalue weighted by Gasteiger charge is -2.38. The van der Waals surface area contributed by atoms with Crippen molar-refractivity contribution in [2.24, 2.45) is 0 Å². The lowest BCUT2D eigenvalue weighted by Crippen LogP contribution is -2.52. The Hall–Kier alpha value is -3.73. The van der Waals surface area contributed by atoms with Crippen molar-refractivity contribution in [3.8, 4) is 0 Å². The number of halogens is 2. The first-order valence-electron chi connectivity index (χ1n) is 11.6. The molecule has 2 aromatic heterocycles. The van der Waals surface area contributed by atoms with Crippen LogP contribution in [-0.2, 0) is 20.5 Å². The van der Waals surface area contributed by atoms with E-state index in [-0.39, 0.29) is 16.4 Å². The van der Waals surface area contributed by atoms with Gasteiger partial charge in [-0.3, -0.25) is 4.79 Å². The third-order valence-corrected chi connectivity index (χ3v) is 8.06. The molecule has 1 atom stereocenters. The largest absolute Gasteiger partial charge is 0.501 e. The zero-order valence-corrected chi connectivity index (χ0v) is 22.4. The van der Waals surface area contributed by atoms with Gasteiger partial charge in [0.15, 0.2) is 0 Å². The van der Waals surface area contributed by atoms with Crippen LogP contribution in [0.2, 0.25) is 5.15 Å². The molecule has 0 radical (unpaired) electrons. The van der Waals surface area contributed by atoms with Gasteiger partial charge in [-0.05, 0) is 55.8 Å². The van der Waals surface area contributed by atoms with Crippen LogP contribution in [0.3, 0.4) is 0 Å². The highest BCUT2D eigenvalue weighted by molar-refractivity contribution is 7.87. The number of ether oxygens (including phenoxy) is 1. The van der Waals surface area contributed by atoms with E-state index in [0.717, 1.165) is 4.31 Å². The molecule has 198 valence electrons. The van der Waals surface area contributed by atoms with Crippen molar-refractivity contribution in [1.29, 1.82) is 0 Å². The van der Waals surface area contributed by atoms with E-state index < -0.39 is 27.5 Å². The van der Waals surface area contributed by atoms with Gasteiger partial charge in [0, 0.05) is 18.0 Å². The number of aromatic nitrogens is 1. The van der Waals surface area contributed by atoms with Crippen LogP contribution in [0.1, 0.15) is 41.0 Å². The molecule has 0 saturated carbocycles. The predicted octanol–water partition coefficient (Wildman–Crippen LogP) is 5.50. The molecular weight excluding hydrogens is 533 g/mol. The Morgan fingerprint density at radius 3 is 2.58 bits per heavy atom. The van der Waals surface area contributed by atoms with E-state index in [1.165, 1.54) is 43.8 Å². The molecule has 1 N–H and O–H groups in total. The van der Waals surface area contributed by atoms with Crippen LogP contribution in [0.25, 0.3) is 17.0 Å². The first kappa shape index (κ1) is 27.3. The number of pyridine rings is 1. The zero-order chi connectivity index (χ0) is 27.5. The minimum Gasteiger partial charge on any atom is -0.501 e. The van der Waals surface area contributed by atoms with E-state index in [1.54, 1.807) is 49.4 Å². The van der Waals surface area contributed by atoms with Gasteiger partial charge in [0.1, 0.15) is 28.4 Å². The number of carbonyl (C=O) groups excluding carboxylic acids is 1. The number of nitrogens with zero attached hydrogens (tertiary/aromatic N) is 2. The summed E-state index contributed by atoms with van der Waals surface area (Å²) in [7, 11) is -3.18. The lowest BCUT2D eigenvalue weighted by molar-refractivity contribution is 0.0978. The summed E-state index contributed by atoms with van der Waals surface area (Å²) in [6.45, 7) is 3.91. The Balaban J connectivity index is 1.74. The van der Waals surface area contributed by atoms with Crippen molar-refractivity contribution in [2.45, 2.75) is 19.4 Å². The Morgan fingerprint density at radius 2 is 1.89 bits per heavy atom. The van der Waals surface area contributed by atoms with Crippen molar-refractivity contribution >= 4 is 44.8 Å². The number of fused-ring (bicyclic) bond motifs is 1. The molecule has 2 aromatic carbocycles. The minimum atomic E-state index is -4.48. The van der Waals surface area contributed by atoms with Crippen LogP contribution in [-0.4, -0.2) is 37.3 Å². The van der Waals surface area contributed by atoms with Gasteiger partial charge >= 0.3 is 10.2 Å². The van der Waals surface area contributed by atoms with Crippen LogP contribution >= 0.6 is 11.6 Å². The minimum absolute atomic E-state index is 0.0627. The molecular formula is C27H25ClFN3O5S. The highest BCUT2D eigenvalue weighted by Crippen LogP contribution is 2.37. The van der Waals surface area contributed by atoms with Gasteiger partial charge in [-0.2, -0.15) is 12.7 Å². The van der Waals surface area contributed by atoms with Crippen molar-refractivity contribution in [2.75, 3.05) is 13.7 Å². The van der Waals surface area contributed by atoms with Crippen molar-refractivity contribution in [3.63, 3.8) is 0 Å². The maximum absolute atomic E-state index is 13.8. The Kier molecular flexibility index (Phi) is 7.86. The normalized spacial score (nSPS) is 13.6. The highest BCUT2D eigenvalue weighted by Gasteiger charge is 2.42. The summed E-state index contributed by atoms with van der Waals surface area (Å²) in [6.07, 6.45) is 4.31. The first-order valence-corrected chi connectivity index (χ1v) is 13.4. The summed E-state index contributed by atoms with van der Waals surface area (Å²) in [5.41, 5.74) is 0.204. The van der Waals surface area contributed by atoms with Crippen molar-refractivity contribution in [1.82, 2.24) is 14.0 Å².